The first kappa shape index (κ1) is 47.2. The molecule has 0 atom stereocenters. The number of rotatable bonds is 15. The SMILES string of the molecule is CCN(CC)CC.CS(=O)(=O)Cl.CS(=O)(=O)OCCOCCOS(C)(=O)=O.ClCCl.OCCOCCO. The molecule has 0 amide bonds. The summed E-state index contributed by atoms with van der Waals surface area (Å²) in [6, 6.07) is 0. The fraction of sp³-hybridized carbons (Fsp3) is 1.00. The van der Waals surface area contributed by atoms with E-state index >= 15 is 0 Å². The maximum atomic E-state index is 10.5. The van der Waals surface area contributed by atoms with Crippen molar-refractivity contribution < 1.29 is 53.3 Å². The lowest BCUT2D eigenvalue weighted by Crippen LogP contribution is -2.21. The number of ether oxygens (including phenoxy) is 2. The minimum absolute atomic E-state index is 0.0278. The Morgan fingerprint density at radius 2 is 0.865 bits per heavy atom. The van der Waals surface area contributed by atoms with Crippen LogP contribution in [0.1, 0.15) is 20.8 Å². The highest BCUT2D eigenvalue weighted by atomic mass is 35.7. The molecule has 37 heavy (non-hydrogen) atoms. The first-order valence-electron chi connectivity index (χ1n) is 10.7. The number of alkyl halides is 2. The number of aliphatic hydroxyl groups excluding tert-OH is 2. The van der Waals surface area contributed by atoms with Gasteiger partial charge in [-0.15, -0.1) is 23.2 Å². The van der Waals surface area contributed by atoms with Gasteiger partial charge in [0.1, 0.15) is 0 Å². The zero-order valence-corrected chi connectivity index (χ0v) is 27.0. The van der Waals surface area contributed by atoms with Crippen LogP contribution >= 0.6 is 33.9 Å². The van der Waals surface area contributed by atoms with Crippen LogP contribution < -0.4 is 0 Å². The van der Waals surface area contributed by atoms with E-state index in [1.165, 1.54) is 19.6 Å². The highest BCUT2D eigenvalue weighted by Gasteiger charge is 2.02. The molecule has 0 unspecified atom stereocenters. The Labute approximate surface area is 237 Å². The average molecular weight is 669 g/mol. The number of hydrogen-bond donors (Lipinski definition) is 2. The standard InChI is InChI=1S/C6H15N.C6H14O7S2.C4H10O3.CH2Cl2.CH3ClO2S/c1-4-7(5-2)6-3;1-14(7,8)12-5-3-11-4-6-13-15(2,9)10;5-1-3-7-4-2-6;2-1-3;1-5(2,3)4/h4-6H2,1-3H3;3-6H2,1-2H3;5-6H,1-4H2;1H2;1H3. The maximum absolute atomic E-state index is 10.5. The Kier molecular flexibility index (Phi) is 41.7. The molecule has 0 aromatic carbocycles. The van der Waals surface area contributed by atoms with Crippen molar-refractivity contribution in [3.63, 3.8) is 0 Å². The van der Waals surface area contributed by atoms with Crippen LogP contribution in [0.3, 0.4) is 0 Å². The Morgan fingerprint density at radius 3 is 1.03 bits per heavy atom. The second-order valence-corrected chi connectivity index (χ2v) is 13.3. The molecule has 0 aliphatic carbocycles. The highest BCUT2D eigenvalue weighted by molar-refractivity contribution is 8.13. The van der Waals surface area contributed by atoms with E-state index in [1.54, 1.807) is 0 Å². The number of halogens is 3. The Morgan fingerprint density at radius 1 is 0.622 bits per heavy atom. The summed E-state index contributed by atoms with van der Waals surface area (Å²) in [6.07, 6.45) is 2.79. The Bertz CT molecular complexity index is 698. The molecule has 0 spiro atoms. The molecular formula is C18H44Cl3NO12S3. The van der Waals surface area contributed by atoms with E-state index in [0.29, 0.717) is 13.2 Å². The molecule has 0 aliphatic rings. The van der Waals surface area contributed by atoms with E-state index in [-0.39, 0.29) is 45.0 Å². The normalized spacial score (nSPS) is 11.0. The van der Waals surface area contributed by atoms with Crippen LogP contribution in [0.5, 0.6) is 0 Å². The maximum Gasteiger partial charge on any atom is 0.264 e. The van der Waals surface area contributed by atoms with Crippen LogP contribution in [0, 0.1) is 0 Å². The molecule has 0 aromatic rings. The quantitative estimate of drug-likeness (QED) is 0.109. The molecule has 0 aromatic heterocycles. The van der Waals surface area contributed by atoms with Crippen molar-refractivity contribution in [1.29, 1.82) is 0 Å². The van der Waals surface area contributed by atoms with E-state index < -0.39 is 29.3 Å². The van der Waals surface area contributed by atoms with Crippen molar-refractivity contribution in [3.8, 4) is 0 Å². The first-order chi connectivity index (χ1) is 16.9. The molecule has 0 saturated heterocycles. The van der Waals surface area contributed by atoms with Gasteiger partial charge in [-0.25, -0.2) is 8.42 Å². The van der Waals surface area contributed by atoms with Gasteiger partial charge in [-0.2, -0.15) is 16.8 Å². The van der Waals surface area contributed by atoms with Crippen LogP contribution in [-0.2, 0) is 47.1 Å². The van der Waals surface area contributed by atoms with Gasteiger partial charge in [-0.3, -0.25) is 8.37 Å². The molecule has 0 rings (SSSR count). The summed E-state index contributed by atoms with van der Waals surface area (Å²) in [5.74, 6) is 0. The molecular weight excluding hydrogens is 625 g/mol. The fourth-order valence-corrected chi connectivity index (χ4v) is 2.23. The molecule has 0 heterocycles. The van der Waals surface area contributed by atoms with Crippen LogP contribution in [0.15, 0.2) is 0 Å². The zero-order valence-electron chi connectivity index (χ0n) is 22.3. The predicted octanol–water partition coefficient (Wildman–Crippen LogP) is 0.897. The Balaban J connectivity index is -0.000000130. The summed E-state index contributed by atoms with van der Waals surface area (Å²) in [5, 5.41) is 16.4. The molecule has 19 heteroatoms. The zero-order chi connectivity index (χ0) is 30.4. The minimum Gasteiger partial charge on any atom is -0.394 e. The molecule has 13 nitrogen and oxygen atoms in total. The van der Waals surface area contributed by atoms with Crippen molar-refractivity contribution in [2.45, 2.75) is 20.8 Å². The fourth-order valence-electron chi connectivity index (χ4n) is 1.49. The average Bonchev–Trinajstić information content (AvgIpc) is 2.73. The van der Waals surface area contributed by atoms with E-state index in [4.69, 9.17) is 38.2 Å². The Hall–Kier alpha value is 0.440. The molecule has 0 aliphatic heterocycles. The molecule has 232 valence electrons. The summed E-state index contributed by atoms with van der Waals surface area (Å²) in [6.45, 7) is 10.7. The highest BCUT2D eigenvalue weighted by Crippen LogP contribution is 1.89. The summed E-state index contributed by atoms with van der Waals surface area (Å²) in [4.78, 5) is 2.38. The van der Waals surface area contributed by atoms with Gasteiger partial charge in [0.25, 0.3) is 20.2 Å². The van der Waals surface area contributed by atoms with Crippen LogP contribution in [0.2, 0.25) is 0 Å². The van der Waals surface area contributed by atoms with E-state index in [2.05, 4.69) is 49.5 Å². The van der Waals surface area contributed by atoms with Crippen LogP contribution in [-0.4, -0.2) is 137 Å². The van der Waals surface area contributed by atoms with E-state index in [9.17, 15) is 25.3 Å². The van der Waals surface area contributed by atoms with Crippen LogP contribution in [0.4, 0.5) is 0 Å². The topological polar surface area (TPSA) is 183 Å². The van der Waals surface area contributed by atoms with Gasteiger partial charge in [0.05, 0.1) is 77.0 Å². The lowest BCUT2D eigenvalue weighted by atomic mass is 10.5. The van der Waals surface area contributed by atoms with Crippen molar-refractivity contribution >= 4 is 63.2 Å². The molecule has 0 bridgehead atoms. The van der Waals surface area contributed by atoms with Gasteiger partial charge in [0.15, 0.2) is 0 Å². The third-order valence-corrected chi connectivity index (χ3v) is 4.05. The van der Waals surface area contributed by atoms with Crippen LogP contribution in [0.25, 0.3) is 0 Å². The largest absolute Gasteiger partial charge is 0.394 e. The third kappa shape index (κ3) is 85.8. The van der Waals surface area contributed by atoms with Gasteiger partial charge < -0.3 is 24.6 Å². The van der Waals surface area contributed by atoms with Gasteiger partial charge in [-0.05, 0) is 19.6 Å². The molecule has 0 radical (unpaired) electrons. The summed E-state index contributed by atoms with van der Waals surface area (Å²) in [5.41, 5.74) is 0. The summed E-state index contributed by atoms with van der Waals surface area (Å²) >= 11 is 9.53. The number of nitrogens with zero attached hydrogens (tertiary/aromatic N) is 1. The lowest BCUT2D eigenvalue weighted by Gasteiger charge is -2.13. The summed E-state index contributed by atoms with van der Waals surface area (Å²) in [7, 11) is -5.59. The van der Waals surface area contributed by atoms with Crippen molar-refractivity contribution in [1.82, 2.24) is 4.90 Å². The number of aliphatic hydroxyl groups is 2. The second kappa shape index (κ2) is 32.7. The van der Waals surface area contributed by atoms with Crippen molar-refractivity contribution in [3.05, 3.63) is 0 Å². The van der Waals surface area contributed by atoms with Crippen molar-refractivity contribution in [2.24, 2.45) is 0 Å². The van der Waals surface area contributed by atoms with Gasteiger partial charge in [-0.1, -0.05) is 20.8 Å². The second-order valence-electron chi connectivity index (χ2n) is 6.13. The smallest absolute Gasteiger partial charge is 0.264 e. The predicted molar refractivity (Wildman–Crippen MR) is 148 cm³/mol. The van der Waals surface area contributed by atoms with E-state index in [0.717, 1.165) is 18.8 Å². The van der Waals surface area contributed by atoms with E-state index in [1.807, 2.05) is 0 Å². The van der Waals surface area contributed by atoms with Gasteiger partial charge >= 0.3 is 0 Å². The monoisotopic (exact) mass is 667 g/mol. The van der Waals surface area contributed by atoms with Crippen molar-refractivity contribution in [2.75, 3.05) is 96.6 Å². The lowest BCUT2D eigenvalue weighted by molar-refractivity contribution is 0.0650. The number of hydrogen-bond acceptors (Lipinski definition) is 13. The van der Waals surface area contributed by atoms with Gasteiger partial charge in [0, 0.05) is 10.7 Å². The summed E-state index contributed by atoms with van der Waals surface area (Å²) < 4.78 is 78.9. The molecule has 0 fully saturated rings. The third-order valence-electron chi connectivity index (χ3n) is 2.86. The minimum atomic E-state index is -3.45. The van der Waals surface area contributed by atoms with Gasteiger partial charge in [0.2, 0.25) is 9.05 Å². The molecule has 2 N–H and O–H groups in total. The molecule has 0 saturated carbocycles. The first-order valence-corrected chi connectivity index (χ1v) is 18.1.